The molecule has 1 amide bonds. The van der Waals surface area contributed by atoms with E-state index in [0.717, 1.165) is 18.4 Å². The predicted octanol–water partition coefficient (Wildman–Crippen LogP) is 2.31. The number of benzene rings is 1. The molecule has 0 aliphatic rings. The monoisotopic (exact) mass is 272 g/mol. The molecule has 2 aromatic rings. The molecule has 4 nitrogen and oxygen atoms in total. The maximum Gasteiger partial charge on any atom is 0.240 e. The lowest BCUT2D eigenvalue weighted by atomic mass is 10.2. The summed E-state index contributed by atoms with van der Waals surface area (Å²) in [5.41, 5.74) is 0.773. The van der Waals surface area contributed by atoms with Crippen molar-refractivity contribution in [3.05, 3.63) is 46.8 Å². The van der Waals surface area contributed by atoms with E-state index in [0.29, 0.717) is 5.39 Å². The highest BCUT2D eigenvalue weighted by atomic mass is 16.2. The number of carbonyl (C=O) groups excluding carboxylic acids is 1. The molecular formula is C16H20N2O2. The average Bonchev–Trinajstić information content (AvgIpc) is 2.42. The fourth-order valence-electron chi connectivity index (χ4n) is 2.38. The van der Waals surface area contributed by atoms with E-state index in [9.17, 15) is 9.59 Å². The number of pyridine rings is 1. The molecule has 1 unspecified atom stereocenters. The summed E-state index contributed by atoms with van der Waals surface area (Å²) < 4.78 is 1.81. The third-order valence-electron chi connectivity index (χ3n) is 3.33. The minimum Gasteiger partial charge on any atom is -0.352 e. The highest BCUT2D eigenvalue weighted by Gasteiger charge is 2.09. The van der Waals surface area contributed by atoms with E-state index in [2.05, 4.69) is 12.2 Å². The highest BCUT2D eigenvalue weighted by molar-refractivity contribution is 5.82. The van der Waals surface area contributed by atoms with Crippen LogP contribution < -0.4 is 10.7 Å². The Morgan fingerprint density at radius 1 is 1.30 bits per heavy atom. The normalized spacial score (nSPS) is 12.3. The van der Waals surface area contributed by atoms with Crippen LogP contribution in [0.15, 0.2) is 41.3 Å². The summed E-state index contributed by atoms with van der Waals surface area (Å²) in [4.78, 5) is 23.8. The Kier molecular flexibility index (Phi) is 4.56. The number of hydrogen-bond acceptors (Lipinski definition) is 2. The number of fused-ring (bicyclic) bond motifs is 1. The number of carbonyl (C=O) groups is 1. The zero-order chi connectivity index (χ0) is 14.5. The van der Waals surface area contributed by atoms with Crippen LogP contribution in [0.25, 0.3) is 10.9 Å². The maximum absolute atomic E-state index is 12.0. The number of hydrogen-bond donors (Lipinski definition) is 1. The minimum atomic E-state index is -0.0280. The Morgan fingerprint density at radius 3 is 2.80 bits per heavy atom. The number of amides is 1. The van der Waals surface area contributed by atoms with Gasteiger partial charge in [0, 0.05) is 23.7 Å². The standard InChI is InChI=1S/C16H20N2O2/c1-3-6-12(2)17-16(20)11-18-10-9-15(19)13-7-4-5-8-14(13)18/h4-5,7-10,12H,3,6,11H2,1-2H3,(H,17,20). The van der Waals surface area contributed by atoms with Crippen molar-refractivity contribution in [2.75, 3.05) is 0 Å². The minimum absolute atomic E-state index is 0.0170. The van der Waals surface area contributed by atoms with E-state index in [1.807, 2.05) is 29.7 Å². The van der Waals surface area contributed by atoms with Crippen LogP contribution in [0.5, 0.6) is 0 Å². The van der Waals surface area contributed by atoms with Crippen LogP contribution in [0.3, 0.4) is 0 Å². The average molecular weight is 272 g/mol. The number of rotatable bonds is 5. The Bertz CT molecular complexity index is 661. The maximum atomic E-state index is 12.0. The van der Waals surface area contributed by atoms with Gasteiger partial charge in [-0.2, -0.15) is 0 Å². The summed E-state index contributed by atoms with van der Waals surface area (Å²) in [6.45, 7) is 4.33. The van der Waals surface area contributed by atoms with Gasteiger partial charge in [0.25, 0.3) is 0 Å². The second-order valence-corrected chi connectivity index (χ2v) is 5.08. The van der Waals surface area contributed by atoms with E-state index in [1.165, 1.54) is 6.07 Å². The smallest absolute Gasteiger partial charge is 0.240 e. The second-order valence-electron chi connectivity index (χ2n) is 5.08. The van der Waals surface area contributed by atoms with Gasteiger partial charge in [0.2, 0.25) is 5.91 Å². The van der Waals surface area contributed by atoms with Crippen LogP contribution in [0.4, 0.5) is 0 Å². The Balaban J connectivity index is 2.20. The van der Waals surface area contributed by atoms with Crippen molar-refractivity contribution >= 4 is 16.8 Å². The van der Waals surface area contributed by atoms with Gasteiger partial charge in [-0.25, -0.2) is 0 Å². The fourth-order valence-corrected chi connectivity index (χ4v) is 2.38. The van der Waals surface area contributed by atoms with Crippen molar-refractivity contribution < 1.29 is 4.79 Å². The van der Waals surface area contributed by atoms with Crippen LogP contribution in [-0.2, 0) is 11.3 Å². The summed E-state index contributed by atoms with van der Waals surface area (Å²) >= 11 is 0. The highest BCUT2D eigenvalue weighted by Crippen LogP contribution is 2.09. The molecule has 1 atom stereocenters. The quantitative estimate of drug-likeness (QED) is 0.908. The van der Waals surface area contributed by atoms with E-state index < -0.39 is 0 Å². The molecule has 1 aromatic heterocycles. The molecule has 1 N–H and O–H groups in total. The number of nitrogens with one attached hydrogen (secondary N) is 1. The van der Waals surface area contributed by atoms with E-state index in [-0.39, 0.29) is 23.9 Å². The van der Waals surface area contributed by atoms with Crippen LogP contribution in [0, 0.1) is 0 Å². The zero-order valence-electron chi connectivity index (χ0n) is 11.9. The van der Waals surface area contributed by atoms with Crippen molar-refractivity contribution in [1.29, 1.82) is 0 Å². The molecule has 0 bridgehead atoms. The summed E-state index contributed by atoms with van der Waals surface area (Å²) in [5.74, 6) is -0.0280. The van der Waals surface area contributed by atoms with Crippen LogP contribution in [0.2, 0.25) is 0 Å². The molecule has 20 heavy (non-hydrogen) atoms. The molecule has 0 radical (unpaired) electrons. The molecule has 0 aliphatic heterocycles. The second kappa shape index (κ2) is 6.37. The lowest BCUT2D eigenvalue weighted by Gasteiger charge is -2.15. The fraction of sp³-hybridized carbons (Fsp3) is 0.375. The van der Waals surface area contributed by atoms with Gasteiger partial charge >= 0.3 is 0 Å². The Labute approximate surface area is 118 Å². The van der Waals surface area contributed by atoms with E-state index >= 15 is 0 Å². The SMILES string of the molecule is CCCC(C)NC(=O)Cn1ccc(=O)c2ccccc21. The topological polar surface area (TPSA) is 51.1 Å². The van der Waals surface area contributed by atoms with Crippen molar-refractivity contribution in [3.63, 3.8) is 0 Å². The van der Waals surface area contributed by atoms with Crippen LogP contribution in [-0.4, -0.2) is 16.5 Å². The van der Waals surface area contributed by atoms with E-state index in [1.54, 1.807) is 12.3 Å². The molecular weight excluding hydrogens is 252 g/mol. The molecule has 0 saturated heterocycles. The van der Waals surface area contributed by atoms with Gasteiger partial charge in [-0.1, -0.05) is 25.5 Å². The molecule has 4 heteroatoms. The first-order valence-electron chi connectivity index (χ1n) is 6.99. The molecule has 2 rings (SSSR count). The molecule has 0 spiro atoms. The Morgan fingerprint density at radius 2 is 2.05 bits per heavy atom. The summed E-state index contributed by atoms with van der Waals surface area (Å²) in [7, 11) is 0. The predicted molar refractivity (Wildman–Crippen MR) is 80.7 cm³/mol. The van der Waals surface area contributed by atoms with Gasteiger partial charge in [-0.3, -0.25) is 9.59 Å². The van der Waals surface area contributed by atoms with Gasteiger partial charge < -0.3 is 9.88 Å². The lowest BCUT2D eigenvalue weighted by molar-refractivity contribution is -0.122. The summed E-state index contributed by atoms with van der Waals surface area (Å²) in [6.07, 6.45) is 3.69. The molecule has 1 aromatic carbocycles. The summed E-state index contributed by atoms with van der Waals surface area (Å²) in [5, 5.41) is 3.61. The van der Waals surface area contributed by atoms with Gasteiger partial charge in [0.1, 0.15) is 6.54 Å². The van der Waals surface area contributed by atoms with Crippen molar-refractivity contribution in [3.8, 4) is 0 Å². The van der Waals surface area contributed by atoms with Gasteiger partial charge in [-0.05, 0) is 25.5 Å². The van der Waals surface area contributed by atoms with Gasteiger partial charge in [-0.15, -0.1) is 0 Å². The van der Waals surface area contributed by atoms with E-state index in [4.69, 9.17) is 0 Å². The lowest BCUT2D eigenvalue weighted by Crippen LogP contribution is -2.35. The summed E-state index contributed by atoms with van der Waals surface area (Å²) in [6, 6.07) is 9.03. The number of nitrogens with zero attached hydrogens (tertiary/aromatic N) is 1. The van der Waals surface area contributed by atoms with Gasteiger partial charge in [0.15, 0.2) is 5.43 Å². The molecule has 1 heterocycles. The van der Waals surface area contributed by atoms with Crippen LogP contribution >= 0.6 is 0 Å². The number of para-hydroxylation sites is 1. The van der Waals surface area contributed by atoms with Crippen molar-refractivity contribution in [2.45, 2.75) is 39.3 Å². The van der Waals surface area contributed by atoms with Crippen molar-refractivity contribution in [1.82, 2.24) is 9.88 Å². The molecule has 106 valence electrons. The third-order valence-corrected chi connectivity index (χ3v) is 3.33. The molecule has 0 fully saturated rings. The van der Waals surface area contributed by atoms with Crippen molar-refractivity contribution in [2.24, 2.45) is 0 Å². The zero-order valence-corrected chi connectivity index (χ0v) is 11.9. The Hall–Kier alpha value is -2.10. The largest absolute Gasteiger partial charge is 0.352 e. The third kappa shape index (κ3) is 3.26. The number of aromatic nitrogens is 1. The first-order chi connectivity index (χ1) is 9.61. The van der Waals surface area contributed by atoms with Gasteiger partial charge in [0.05, 0.1) is 5.52 Å². The molecule has 0 saturated carbocycles. The first kappa shape index (κ1) is 14.3. The van der Waals surface area contributed by atoms with Crippen LogP contribution in [0.1, 0.15) is 26.7 Å². The first-order valence-corrected chi connectivity index (χ1v) is 6.99. The molecule has 0 aliphatic carbocycles.